The highest BCUT2D eigenvalue weighted by Crippen LogP contribution is 2.19. The number of rotatable bonds is 6. The SMILES string of the molecule is Cc1cc(Br)cnc1NCc1cccc(OCC(=O)N(C)C)c1. The van der Waals surface area contributed by atoms with Crippen LogP contribution in [0.5, 0.6) is 5.75 Å². The van der Waals surface area contributed by atoms with E-state index in [1.54, 1.807) is 20.3 Å². The third-order valence-corrected chi connectivity index (χ3v) is 3.70. The molecule has 23 heavy (non-hydrogen) atoms. The van der Waals surface area contributed by atoms with E-state index in [0.29, 0.717) is 12.3 Å². The predicted octanol–water partition coefficient (Wildman–Crippen LogP) is 3.23. The van der Waals surface area contributed by atoms with E-state index < -0.39 is 0 Å². The number of carbonyl (C=O) groups excluding carboxylic acids is 1. The van der Waals surface area contributed by atoms with Crippen molar-refractivity contribution >= 4 is 27.7 Å². The Hall–Kier alpha value is -2.08. The van der Waals surface area contributed by atoms with Crippen molar-refractivity contribution in [2.75, 3.05) is 26.0 Å². The van der Waals surface area contributed by atoms with Crippen LogP contribution < -0.4 is 10.1 Å². The van der Waals surface area contributed by atoms with Gasteiger partial charge in [-0.3, -0.25) is 4.79 Å². The molecule has 0 saturated carbocycles. The van der Waals surface area contributed by atoms with E-state index in [4.69, 9.17) is 4.74 Å². The highest BCUT2D eigenvalue weighted by Gasteiger charge is 2.06. The molecule has 0 saturated heterocycles. The van der Waals surface area contributed by atoms with Crippen LogP contribution in [-0.2, 0) is 11.3 Å². The van der Waals surface area contributed by atoms with E-state index in [-0.39, 0.29) is 12.5 Å². The number of nitrogens with zero attached hydrogens (tertiary/aromatic N) is 2. The molecule has 1 heterocycles. The fourth-order valence-corrected chi connectivity index (χ4v) is 2.38. The number of hydrogen-bond donors (Lipinski definition) is 1. The van der Waals surface area contributed by atoms with Crippen LogP contribution in [0.1, 0.15) is 11.1 Å². The first-order valence-corrected chi connectivity index (χ1v) is 8.03. The summed E-state index contributed by atoms with van der Waals surface area (Å²) >= 11 is 3.40. The van der Waals surface area contributed by atoms with Gasteiger partial charge in [0.05, 0.1) is 0 Å². The molecule has 2 aromatic rings. The van der Waals surface area contributed by atoms with E-state index in [9.17, 15) is 4.79 Å². The van der Waals surface area contributed by atoms with Crippen molar-refractivity contribution in [3.05, 3.63) is 52.1 Å². The Morgan fingerprint density at radius 1 is 1.35 bits per heavy atom. The molecule has 1 aromatic heterocycles. The number of ether oxygens (including phenoxy) is 1. The Morgan fingerprint density at radius 2 is 2.13 bits per heavy atom. The van der Waals surface area contributed by atoms with Gasteiger partial charge in [-0.15, -0.1) is 0 Å². The van der Waals surface area contributed by atoms with Gasteiger partial charge in [0.2, 0.25) is 0 Å². The minimum Gasteiger partial charge on any atom is -0.484 e. The summed E-state index contributed by atoms with van der Waals surface area (Å²) in [5.74, 6) is 1.46. The van der Waals surface area contributed by atoms with Crippen LogP contribution in [0.25, 0.3) is 0 Å². The number of nitrogens with one attached hydrogen (secondary N) is 1. The molecule has 2 rings (SSSR count). The van der Waals surface area contributed by atoms with Crippen LogP contribution >= 0.6 is 15.9 Å². The van der Waals surface area contributed by atoms with Gasteiger partial charge in [0.25, 0.3) is 5.91 Å². The number of amides is 1. The lowest BCUT2D eigenvalue weighted by atomic mass is 10.2. The summed E-state index contributed by atoms with van der Waals surface area (Å²) in [5.41, 5.74) is 2.13. The largest absolute Gasteiger partial charge is 0.484 e. The summed E-state index contributed by atoms with van der Waals surface area (Å²) in [4.78, 5) is 17.4. The molecule has 122 valence electrons. The van der Waals surface area contributed by atoms with Crippen molar-refractivity contribution in [1.82, 2.24) is 9.88 Å². The average Bonchev–Trinajstić information content (AvgIpc) is 2.52. The molecule has 1 aromatic carbocycles. The molecule has 1 N–H and O–H groups in total. The second-order valence-electron chi connectivity index (χ2n) is 5.40. The number of pyridine rings is 1. The molecule has 6 heteroatoms. The van der Waals surface area contributed by atoms with Gasteiger partial charge in [0.1, 0.15) is 11.6 Å². The summed E-state index contributed by atoms with van der Waals surface area (Å²) in [5, 5.41) is 3.30. The number of benzene rings is 1. The Bertz CT molecular complexity index is 689. The lowest BCUT2D eigenvalue weighted by molar-refractivity contribution is -0.130. The third-order valence-electron chi connectivity index (χ3n) is 3.26. The first kappa shape index (κ1) is 17.3. The smallest absolute Gasteiger partial charge is 0.259 e. The summed E-state index contributed by atoms with van der Waals surface area (Å²) in [7, 11) is 3.42. The van der Waals surface area contributed by atoms with Crippen LogP contribution in [0.15, 0.2) is 41.0 Å². The van der Waals surface area contributed by atoms with Crippen molar-refractivity contribution in [2.24, 2.45) is 0 Å². The van der Waals surface area contributed by atoms with Gasteiger partial charge in [-0.1, -0.05) is 12.1 Å². The fraction of sp³-hybridized carbons (Fsp3) is 0.294. The fourth-order valence-electron chi connectivity index (χ4n) is 1.93. The number of likely N-dealkylation sites (N-methyl/N-ethyl adjacent to an activating group) is 1. The topological polar surface area (TPSA) is 54.5 Å². The first-order valence-electron chi connectivity index (χ1n) is 7.23. The second kappa shape index (κ2) is 7.97. The Labute approximate surface area is 144 Å². The van der Waals surface area contributed by atoms with Crippen molar-refractivity contribution in [3.8, 4) is 5.75 Å². The van der Waals surface area contributed by atoms with Crippen LogP contribution in [0, 0.1) is 6.92 Å². The van der Waals surface area contributed by atoms with Crippen LogP contribution in [-0.4, -0.2) is 36.5 Å². The van der Waals surface area contributed by atoms with E-state index in [1.807, 2.05) is 37.3 Å². The normalized spacial score (nSPS) is 10.3. The number of anilines is 1. The number of carbonyl (C=O) groups is 1. The van der Waals surface area contributed by atoms with Gasteiger partial charge >= 0.3 is 0 Å². The monoisotopic (exact) mass is 377 g/mol. The number of hydrogen-bond acceptors (Lipinski definition) is 4. The Kier molecular flexibility index (Phi) is 5.98. The maximum atomic E-state index is 11.6. The molecule has 0 aliphatic rings. The Balaban J connectivity index is 1.95. The molecule has 0 atom stereocenters. The van der Waals surface area contributed by atoms with Crippen LogP contribution in [0.4, 0.5) is 5.82 Å². The summed E-state index contributed by atoms with van der Waals surface area (Å²) in [6.07, 6.45) is 1.77. The van der Waals surface area contributed by atoms with Crippen LogP contribution in [0.2, 0.25) is 0 Å². The van der Waals surface area contributed by atoms with Gasteiger partial charge in [-0.05, 0) is 52.2 Å². The lowest BCUT2D eigenvalue weighted by Crippen LogP contribution is -2.27. The predicted molar refractivity (Wildman–Crippen MR) is 94.6 cm³/mol. The molecule has 0 radical (unpaired) electrons. The van der Waals surface area contributed by atoms with Gasteiger partial charge in [0.15, 0.2) is 6.61 Å². The molecule has 0 fully saturated rings. The zero-order chi connectivity index (χ0) is 16.8. The van der Waals surface area contributed by atoms with Gasteiger partial charge < -0.3 is 15.0 Å². The molecule has 0 aliphatic heterocycles. The molecule has 1 amide bonds. The minimum absolute atomic E-state index is 0.0389. The van der Waals surface area contributed by atoms with Crippen molar-refractivity contribution in [3.63, 3.8) is 0 Å². The van der Waals surface area contributed by atoms with E-state index in [0.717, 1.165) is 21.4 Å². The Morgan fingerprint density at radius 3 is 2.83 bits per heavy atom. The summed E-state index contributed by atoms with van der Waals surface area (Å²) in [6.45, 7) is 2.68. The molecule has 5 nitrogen and oxygen atoms in total. The number of aryl methyl sites for hydroxylation is 1. The molecule has 0 aliphatic carbocycles. The number of aromatic nitrogens is 1. The number of halogens is 1. The summed E-state index contributed by atoms with van der Waals surface area (Å²) < 4.78 is 6.48. The third kappa shape index (κ3) is 5.25. The van der Waals surface area contributed by atoms with Crippen molar-refractivity contribution in [2.45, 2.75) is 13.5 Å². The molecule has 0 bridgehead atoms. The van der Waals surface area contributed by atoms with Gasteiger partial charge in [-0.2, -0.15) is 0 Å². The standard InChI is InChI=1S/C17H20BrN3O2/c1-12-7-14(18)10-20-17(12)19-9-13-5-4-6-15(8-13)23-11-16(22)21(2)3/h4-8,10H,9,11H2,1-3H3,(H,19,20). The van der Waals surface area contributed by atoms with E-state index >= 15 is 0 Å². The quantitative estimate of drug-likeness (QED) is 0.839. The second-order valence-corrected chi connectivity index (χ2v) is 6.31. The zero-order valence-corrected chi connectivity index (χ0v) is 15.1. The molecular weight excluding hydrogens is 358 g/mol. The van der Waals surface area contributed by atoms with Gasteiger partial charge in [-0.25, -0.2) is 4.98 Å². The highest BCUT2D eigenvalue weighted by molar-refractivity contribution is 9.10. The van der Waals surface area contributed by atoms with E-state index in [2.05, 4.69) is 26.2 Å². The lowest BCUT2D eigenvalue weighted by Gasteiger charge is -2.12. The summed E-state index contributed by atoms with van der Waals surface area (Å²) in [6, 6.07) is 9.69. The highest BCUT2D eigenvalue weighted by atomic mass is 79.9. The van der Waals surface area contributed by atoms with Crippen LogP contribution in [0.3, 0.4) is 0 Å². The van der Waals surface area contributed by atoms with E-state index in [1.165, 1.54) is 4.90 Å². The maximum Gasteiger partial charge on any atom is 0.259 e. The average molecular weight is 378 g/mol. The zero-order valence-electron chi connectivity index (χ0n) is 13.5. The molecule has 0 spiro atoms. The first-order chi connectivity index (χ1) is 11.0. The molecule has 0 unspecified atom stereocenters. The van der Waals surface area contributed by atoms with Gasteiger partial charge in [0, 0.05) is 31.3 Å². The minimum atomic E-state index is -0.0665. The molecular formula is C17H20BrN3O2. The maximum absolute atomic E-state index is 11.6. The van der Waals surface area contributed by atoms with Crippen molar-refractivity contribution < 1.29 is 9.53 Å². The van der Waals surface area contributed by atoms with Crippen molar-refractivity contribution in [1.29, 1.82) is 0 Å².